The molecule has 8 heteroatoms. The van der Waals surface area contributed by atoms with E-state index in [1.54, 1.807) is 31.4 Å². The average Bonchev–Trinajstić information content (AvgIpc) is 2.70. The number of benzene rings is 2. The van der Waals surface area contributed by atoms with Crippen LogP contribution in [0.4, 0.5) is 20.2 Å². The fourth-order valence-electron chi connectivity index (χ4n) is 3.12. The average molecular weight is 407 g/mol. The molecule has 0 atom stereocenters. The summed E-state index contributed by atoms with van der Waals surface area (Å²) in [4.78, 5) is 17.1. The lowest BCUT2D eigenvalue weighted by Gasteiger charge is -2.35. The molecule has 0 spiro atoms. The molecular weight excluding hydrogens is 384 g/mol. The minimum Gasteiger partial charge on any atom is -0.497 e. The zero-order valence-electron chi connectivity index (χ0n) is 15.6. The number of hydrogen-bond donors (Lipinski definition) is 1. The number of piperazine rings is 1. The first-order valence-corrected chi connectivity index (χ1v) is 9.88. The normalized spacial score (nSPS) is 14.9. The monoisotopic (exact) mass is 407 g/mol. The summed E-state index contributed by atoms with van der Waals surface area (Å²) < 4.78 is 30.5. The van der Waals surface area contributed by atoms with Gasteiger partial charge in [0.25, 0.3) is 5.76 Å². The van der Waals surface area contributed by atoms with E-state index in [0.717, 1.165) is 37.6 Å². The van der Waals surface area contributed by atoms with Gasteiger partial charge >= 0.3 is 0 Å². The predicted molar refractivity (Wildman–Crippen MR) is 109 cm³/mol. The zero-order valence-corrected chi connectivity index (χ0v) is 16.4. The number of nitrogens with one attached hydrogen (secondary N) is 1. The van der Waals surface area contributed by atoms with Crippen LogP contribution in [-0.2, 0) is 4.79 Å². The Bertz CT molecular complexity index is 781. The van der Waals surface area contributed by atoms with Crippen LogP contribution in [-0.4, -0.2) is 56.4 Å². The molecule has 28 heavy (non-hydrogen) atoms. The van der Waals surface area contributed by atoms with Crippen molar-refractivity contribution in [2.24, 2.45) is 0 Å². The molecule has 1 saturated heterocycles. The summed E-state index contributed by atoms with van der Waals surface area (Å²) in [5.74, 6) is -1.89. The standard InChI is InChI=1S/C20H23F2N3O2S/c1-27-16-8-6-15(7-9-16)25-12-10-24(11-13-25)14-19(26)23-17-4-2-3-5-18(17)28-20(21)22/h2-9,20H,10-14H2,1H3,(H,23,26). The van der Waals surface area contributed by atoms with Crippen molar-refractivity contribution in [2.45, 2.75) is 10.7 Å². The lowest BCUT2D eigenvalue weighted by atomic mass is 10.2. The van der Waals surface area contributed by atoms with Gasteiger partial charge in [-0.1, -0.05) is 23.9 Å². The van der Waals surface area contributed by atoms with Crippen LogP contribution in [0.25, 0.3) is 0 Å². The number of alkyl halides is 2. The predicted octanol–water partition coefficient (Wildman–Crippen LogP) is 3.77. The highest BCUT2D eigenvalue weighted by Gasteiger charge is 2.20. The van der Waals surface area contributed by atoms with Crippen molar-refractivity contribution in [1.82, 2.24) is 4.90 Å². The molecule has 0 radical (unpaired) electrons. The number of halogens is 2. The maximum Gasteiger partial charge on any atom is 0.288 e. The van der Waals surface area contributed by atoms with Gasteiger partial charge < -0.3 is 15.0 Å². The van der Waals surface area contributed by atoms with E-state index in [1.807, 2.05) is 24.3 Å². The molecule has 150 valence electrons. The fraction of sp³-hybridized carbons (Fsp3) is 0.350. The second kappa shape index (κ2) is 9.75. The van der Waals surface area contributed by atoms with Crippen LogP contribution in [0.3, 0.4) is 0 Å². The fourth-order valence-corrected chi connectivity index (χ4v) is 3.71. The Balaban J connectivity index is 1.50. The first-order chi connectivity index (χ1) is 13.5. The van der Waals surface area contributed by atoms with Crippen LogP contribution >= 0.6 is 11.8 Å². The summed E-state index contributed by atoms with van der Waals surface area (Å²) >= 11 is 0.436. The third-order valence-corrected chi connectivity index (χ3v) is 5.34. The molecule has 1 aliphatic heterocycles. The number of para-hydroxylation sites is 1. The smallest absolute Gasteiger partial charge is 0.288 e. The highest BCUT2D eigenvalue weighted by Crippen LogP contribution is 2.31. The molecule has 0 bridgehead atoms. The molecule has 2 aromatic carbocycles. The summed E-state index contributed by atoms with van der Waals surface area (Å²) in [6.07, 6.45) is 0. The van der Waals surface area contributed by atoms with Crippen LogP contribution in [0.15, 0.2) is 53.4 Å². The summed E-state index contributed by atoms with van der Waals surface area (Å²) in [5.41, 5.74) is 1.55. The Morgan fingerprint density at radius 3 is 2.43 bits per heavy atom. The van der Waals surface area contributed by atoms with Crippen molar-refractivity contribution in [3.8, 4) is 5.75 Å². The number of ether oxygens (including phenoxy) is 1. The third-order valence-electron chi connectivity index (χ3n) is 4.55. The topological polar surface area (TPSA) is 44.8 Å². The van der Waals surface area contributed by atoms with E-state index in [0.29, 0.717) is 22.3 Å². The second-order valence-electron chi connectivity index (χ2n) is 6.38. The van der Waals surface area contributed by atoms with Gasteiger partial charge in [-0.05, 0) is 36.4 Å². The van der Waals surface area contributed by atoms with E-state index in [1.165, 1.54) is 0 Å². The second-order valence-corrected chi connectivity index (χ2v) is 7.42. The minimum absolute atomic E-state index is 0.194. The number of anilines is 2. The van der Waals surface area contributed by atoms with Gasteiger partial charge in [-0.2, -0.15) is 8.78 Å². The van der Waals surface area contributed by atoms with E-state index in [9.17, 15) is 13.6 Å². The highest BCUT2D eigenvalue weighted by atomic mass is 32.2. The molecule has 1 fully saturated rings. The molecule has 1 N–H and O–H groups in total. The number of nitrogens with zero attached hydrogens (tertiary/aromatic N) is 2. The molecule has 1 heterocycles. The van der Waals surface area contributed by atoms with E-state index >= 15 is 0 Å². The number of carbonyl (C=O) groups is 1. The molecular formula is C20H23F2N3O2S. The van der Waals surface area contributed by atoms with Crippen LogP contribution in [0.1, 0.15) is 0 Å². The molecule has 0 aromatic heterocycles. The lowest BCUT2D eigenvalue weighted by molar-refractivity contribution is -0.117. The van der Waals surface area contributed by atoms with Crippen LogP contribution in [0.5, 0.6) is 5.75 Å². The number of rotatable bonds is 7. The number of carbonyl (C=O) groups excluding carboxylic acids is 1. The van der Waals surface area contributed by atoms with Crippen LogP contribution < -0.4 is 15.0 Å². The summed E-state index contributed by atoms with van der Waals surface area (Å²) in [6, 6.07) is 14.5. The van der Waals surface area contributed by atoms with Crippen molar-refractivity contribution in [3.63, 3.8) is 0 Å². The van der Waals surface area contributed by atoms with E-state index < -0.39 is 5.76 Å². The first kappa shape index (κ1) is 20.4. The first-order valence-electron chi connectivity index (χ1n) is 9.00. The summed E-state index contributed by atoms with van der Waals surface area (Å²) in [7, 11) is 1.64. The Morgan fingerprint density at radius 1 is 1.11 bits per heavy atom. The molecule has 1 aliphatic rings. The van der Waals surface area contributed by atoms with Gasteiger partial charge in [0.2, 0.25) is 5.91 Å². The summed E-state index contributed by atoms with van der Waals surface area (Å²) in [6.45, 7) is 3.39. The highest BCUT2D eigenvalue weighted by molar-refractivity contribution is 7.99. The Hall–Kier alpha value is -2.32. The number of amides is 1. The van der Waals surface area contributed by atoms with Gasteiger partial charge in [0, 0.05) is 36.8 Å². The SMILES string of the molecule is COc1ccc(N2CCN(CC(=O)Nc3ccccc3SC(F)F)CC2)cc1. The number of methoxy groups -OCH3 is 1. The third kappa shape index (κ3) is 5.59. The molecule has 0 aliphatic carbocycles. The van der Waals surface area contributed by atoms with E-state index in [4.69, 9.17) is 4.74 Å². The van der Waals surface area contributed by atoms with Gasteiger partial charge in [-0.15, -0.1) is 0 Å². The van der Waals surface area contributed by atoms with Gasteiger partial charge in [-0.25, -0.2) is 0 Å². The van der Waals surface area contributed by atoms with Gasteiger partial charge in [0.1, 0.15) is 5.75 Å². The maximum absolute atomic E-state index is 12.7. The molecule has 0 saturated carbocycles. The van der Waals surface area contributed by atoms with Gasteiger partial charge in [0.15, 0.2) is 0 Å². The summed E-state index contributed by atoms with van der Waals surface area (Å²) in [5, 5.41) is 2.76. The number of thioether (sulfide) groups is 1. The van der Waals surface area contributed by atoms with Gasteiger partial charge in [-0.3, -0.25) is 9.69 Å². The minimum atomic E-state index is -2.52. The van der Waals surface area contributed by atoms with Crippen molar-refractivity contribution in [2.75, 3.05) is 50.1 Å². The number of hydrogen-bond acceptors (Lipinski definition) is 5. The Kier molecular flexibility index (Phi) is 7.11. The van der Waals surface area contributed by atoms with Crippen molar-refractivity contribution in [1.29, 1.82) is 0 Å². The van der Waals surface area contributed by atoms with Crippen molar-refractivity contribution < 1.29 is 18.3 Å². The molecule has 0 unspecified atom stereocenters. The van der Waals surface area contributed by atoms with E-state index in [2.05, 4.69) is 15.1 Å². The quantitative estimate of drug-likeness (QED) is 0.708. The maximum atomic E-state index is 12.7. The molecule has 1 amide bonds. The van der Waals surface area contributed by atoms with Crippen molar-refractivity contribution >= 4 is 29.0 Å². The van der Waals surface area contributed by atoms with Crippen LogP contribution in [0, 0.1) is 0 Å². The van der Waals surface area contributed by atoms with Crippen molar-refractivity contribution in [3.05, 3.63) is 48.5 Å². The molecule has 5 nitrogen and oxygen atoms in total. The molecule has 3 rings (SSSR count). The largest absolute Gasteiger partial charge is 0.497 e. The van der Waals surface area contributed by atoms with E-state index in [-0.39, 0.29) is 12.5 Å². The zero-order chi connectivity index (χ0) is 19.9. The molecule has 2 aromatic rings. The lowest BCUT2D eigenvalue weighted by Crippen LogP contribution is -2.48. The Labute approximate surface area is 167 Å². The van der Waals surface area contributed by atoms with Crippen LogP contribution in [0.2, 0.25) is 0 Å². The Morgan fingerprint density at radius 2 is 1.79 bits per heavy atom. The van der Waals surface area contributed by atoms with Gasteiger partial charge in [0.05, 0.1) is 19.3 Å².